The van der Waals surface area contributed by atoms with Crippen LogP contribution >= 0.6 is 11.6 Å². The largest absolute Gasteiger partial charge is 0.495 e. The Hall–Kier alpha value is -1.79. The van der Waals surface area contributed by atoms with Crippen molar-refractivity contribution in [1.29, 1.82) is 0 Å². The minimum Gasteiger partial charge on any atom is -0.495 e. The van der Waals surface area contributed by atoms with E-state index in [1.807, 2.05) is 0 Å². The molecule has 1 aromatic rings. The maximum Gasteiger partial charge on any atom is 0.279 e. The van der Waals surface area contributed by atoms with E-state index in [0.717, 1.165) is 11.4 Å². The van der Waals surface area contributed by atoms with E-state index in [4.69, 9.17) is 16.3 Å². The molecule has 0 bridgehead atoms. The molecule has 3 N–H and O–H groups in total. The Labute approximate surface area is 122 Å². The molecule has 6 nitrogen and oxygen atoms in total. The van der Waals surface area contributed by atoms with Crippen LogP contribution in [0.1, 0.15) is 0 Å². The molecule has 1 heterocycles. The number of nitrogens with one attached hydrogen (secondary N) is 3. The van der Waals surface area contributed by atoms with Gasteiger partial charge in [0.25, 0.3) is 11.8 Å². The molecule has 108 valence electrons. The summed E-state index contributed by atoms with van der Waals surface area (Å²) >= 11 is 5.99. The zero-order chi connectivity index (χ0) is 14.5. The molecule has 1 saturated heterocycles. The number of hydrogen-bond acceptors (Lipinski definition) is 3. The van der Waals surface area contributed by atoms with Crippen LogP contribution in [0.2, 0.25) is 5.02 Å². The highest BCUT2D eigenvalue weighted by atomic mass is 35.5. The third-order valence-electron chi connectivity index (χ3n) is 3.06. The van der Waals surface area contributed by atoms with E-state index < -0.39 is 0 Å². The van der Waals surface area contributed by atoms with Crippen molar-refractivity contribution in [3.05, 3.63) is 23.2 Å². The lowest BCUT2D eigenvalue weighted by Crippen LogP contribution is -3.16. The highest BCUT2D eigenvalue weighted by Crippen LogP contribution is 2.26. The van der Waals surface area contributed by atoms with Crippen molar-refractivity contribution in [1.82, 2.24) is 5.32 Å². The van der Waals surface area contributed by atoms with E-state index in [1.54, 1.807) is 18.2 Å². The fraction of sp³-hybridized carbons (Fsp3) is 0.385. The molecule has 1 atom stereocenters. The average molecular weight is 299 g/mol. The van der Waals surface area contributed by atoms with Crippen molar-refractivity contribution in [3.8, 4) is 5.75 Å². The SMILES string of the molecule is COc1ccc(NC(=O)C[NH+]2CCNC(=O)C2)cc1Cl. The number of halogens is 1. The molecule has 1 unspecified atom stereocenters. The van der Waals surface area contributed by atoms with Crippen molar-refractivity contribution in [2.75, 3.05) is 38.6 Å². The summed E-state index contributed by atoms with van der Waals surface area (Å²) in [5.74, 6) is 0.394. The van der Waals surface area contributed by atoms with E-state index in [0.29, 0.717) is 29.5 Å². The maximum absolute atomic E-state index is 11.9. The second-order valence-electron chi connectivity index (χ2n) is 4.60. The topological polar surface area (TPSA) is 71.9 Å². The molecule has 1 aliphatic rings. The molecule has 20 heavy (non-hydrogen) atoms. The average Bonchev–Trinajstić information content (AvgIpc) is 2.38. The number of methoxy groups -OCH3 is 1. The Morgan fingerprint density at radius 2 is 2.35 bits per heavy atom. The molecule has 0 saturated carbocycles. The molecule has 0 radical (unpaired) electrons. The van der Waals surface area contributed by atoms with E-state index >= 15 is 0 Å². The first kappa shape index (κ1) is 14.6. The lowest BCUT2D eigenvalue weighted by molar-refractivity contribution is -0.885. The van der Waals surface area contributed by atoms with Gasteiger partial charge in [0.1, 0.15) is 5.75 Å². The molecule has 0 aromatic heterocycles. The zero-order valence-corrected chi connectivity index (χ0v) is 11.9. The summed E-state index contributed by atoms with van der Waals surface area (Å²) in [6, 6.07) is 5.05. The van der Waals surface area contributed by atoms with Crippen LogP contribution in [-0.4, -0.2) is 45.1 Å². The molecular weight excluding hydrogens is 282 g/mol. The molecule has 1 fully saturated rings. The predicted octanol–water partition coefficient (Wildman–Crippen LogP) is -0.698. The number of benzene rings is 1. The van der Waals surface area contributed by atoms with Crippen LogP contribution in [0.15, 0.2) is 18.2 Å². The van der Waals surface area contributed by atoms with Crippen molar-refractivity contribution in [3.63, 3.8) is 0 Å². The number of rotatable bonds is 4. The van der Waals surface area contributed by atoms with Gasteiger partial charge in [-0.05, 0) is 18.2 Å². The standard InChI is InChI=1S/C13H16ClN3O3/c1-20-11-3-2-9(6-10(11)14)16-13(19)8-17-5-4-15-12(18)7-17/h2-3,6H,4-5,7-8H2,1H3,(H,15,18)(H,16,19)/p+1. The first-order valence-corrected chi connectivity index (χ1v) is 6.70. The summed E-state index contributed by atoms with van der Waals surface area (Å²) in [7, 11) is 1.53. The van der Waals surface area contributed by atoms with Crippen LogP contribution in [0.3, 0.4) is 0 Å². The quantitative estimate of drug-likeness (QED) is 0.688. The first-order chi connectivity index (χ1) is 9.58. The summed E-state index contributed by atoms with van der Waals surface area (Å²) in [5, 5.41) is 5.94. The first-order valence-electron chi connectivity index (χ1n) is 6.32. The van der Waals surface area contributed by atoms with Gasteiger partial charge >= 0.3 is 0 Å². The number of amides is 2. The molecule has 2 amide bonds. The lowest BCUT2D eigenvalue weighted by atomic mass is 10.3. The van der Waals surface area contributed by atoms with Crippen LogP contribution in [0, 0.1) is 0 Å². The van der Waals surface area contributed by atoms with Crippen molar-refractivity contribution >= 4 is 29.1 Å². The van der Waals surface area contributed by atoms with Crippen molar-refractivity contribution < 1.29 is 19.2 Å². The van der Waals surface area contributed by atoms with Gasteiger partial charge in [0.15, 0.2) is 13.1 Å². The molecule has 0 aliphatic carbocycles. The third kappa shape index (κ3) is 3.85. The van der Waals surface area contributed by atoms with Crippen molar-refractivity contribution in [2.24, 2.45) is 0 Å². The van der Waals surface area contributed by atoms with Crippen molar-refractivity contribution in [2.45, 2.75) is 0 Å². The summed E-state index contributed by atoms with van der Waals surface area (Å²) in [6.07, 6.45) is 0. The highest BCUT2D eigenvalue weighted by Gasteiger charge is 2.22. The fourth-order valence-corrected chi connectivity index (χ4v) is 2.34. The van der Waals surface area contributed by atoms with Gasteiger partial charge in [0, 0.05) is 5.69 Å². The second kappa shape index (κ2) is 6.58. The number of anilines is 1. The van der Waals surface area contributed by atoms with Gasteiger partial charge in [0.2, 0.25) is 0 Å². The fourth-order valence-electron chi connectivity index (χ4n) is 2.08. The Morgan fingerprint density at radius 1 is 1.55 bits per heavy atom. The number of carbonyl (C=O) groups excluding carboxylic acids is 2. The third-order valence-corrected chi connectivity index (χ3v) is 3.35. The van der Waals surface area contributed by atoms with E-state index in [1.165, 1.54) is 7.11 Å². The Kier molecular flexibility index (Phi) is 4.81. The minimum absolute atomic E-state index is 0.0217. The Morgan fingerprint density at radius 3 is 3.00 bits per heavy atom. The van der Waals surface area contributed by atoms with Gasteiger partial charge in [-0.15, -0.1) is 0 Å². The van der Waals surface area contributed by atoms with Crippen LogP contribution in [0.4, 0.5) is 5.69 Å². The maximum atomic E-state index is 11.9. The van der Waals surface area contributed by atoms with Crippen LogP contribution < -0.4 is 20.3 Å². The molecule has 1 aliphatic heterocycles. The van der Waals surface area contributed by atoms with Gasteiger partial charge in [-0.1, -0.05) is 11.6 Å². The zero-order valence-electron chi connectivity index (χ0n) is 11.2. The van der Waals surface area contributed by atoms with Gasteiger partial charge in [-0.2, -0.15) is 0 Å². The number of hydrogen-bond donors (Lipinski definition) is 3. The van der Waals surface area contributed by atoms with Gasteiger partial charge in [-0.25, -0.2) is 0 Å². The van der Waals surface area contributed by atoms with Crippen LogP contribution in [0.25, 0.3) is 0 Å². The van der Waals surface area contributed by atoms with E-state index in [-0.39, 0.29) is 18.4 Å². The van der Waals surface area contributed by atoms with Crippen LogP contribution in [0.5, 0.6) is 5.75 Å². The molecule has 2 rings (SSSR count). The summed E-state index contributed by atoms with van der Waals surface area (Å²) in [4.78, 5) is 24.1. The predicted molar refractivity (Wildman–Crippen MR) is 75.2 cm³/mol. The summed E-state index contributed by atoms with van der Waals surface area (Å²) in [6.45, 7) is 1.95. The molecule has 1 aromatic carbocycles. The highest BCUT2D eigenvalue weighted by molar-refractivity contribution is 6.32. The number of carbonyl (C=O) groups is 2. The minimum atomic E-state index is -0.143. The lowest BCUT2D eigenvalue weighted by Gasteiger charge is -2.22. The Bertz CT molecular complexity index is 522. The summed E-state index contributed by atoms with van der Waals surface area (Å²) < 4.78 is 5.05. The molecule has 7 heteroatoms. The summed E-state index contributed by atoms with van der Waals surface area (Å²) in [5.41, 5.74) is 0.613. The Balaban J connectivity index is 1.91. The molecule has 0 spiro atoms. The normalized spacial score (nSPS) is 18.3. The number of quaternary nitrogens is 1. The van der Waals surface area contributed by atoms with E-state index in [9.17, 15) is 9.59 Å². The van der Waals surface area contributed by atoms with E-state index in [2.05, 4.69) is 10.6 Å². The van der Waals surface area contributed by atoms with Gasteiger partial charge < -0.3 is 20.3 Å². The van der Waals surface area contributed by atoms with Gasteiger partial charge in [-0.3, -0.25) is 9.59 Å². The second-order valence-corrected chi connectivity index (χ2v) is 5.01. The number of ether oxygens (including phenoxy) is 1. The number of piperazine rings is 1. The molecular formula is C13H17ClN3O3+. The smallest absolute Gasteiger partial charge is 0.279 e. The monoisotopic (exact) mass is 298 g/mol. The van der Waals surface area contributed by atoms with Crippen LogP contribution in [-0.2, 0) is 9.59 Å². The van der Waals surface area contributed by atoms with Gasteiger partial charge in [0.05, 0.1) is 25.2 Å².